The molecule has 0 aliphatic carbocycles. The normalized spacial score (nSPS) is 35.8. The number of rotatable bonds is 4. The van der Waals surface area contributed by atoms with Crippen molar-refractivity contribution >= 4 is 11.8 Å². The van der Waals surface area contributed by atoms with E-state index in [2.05, 4.69) is 16.7 Å². The summed E-state index contributed by atoms with van der Waals surface area (Å²) >= 11 is 0. The van der Waals surface area contributed by atoms with Crippen LogP contribution >= 0.6 is 0 Å². The molecule has 0 aromatic carbocycles. The molecule has 4 heterocycles. The first-order valence-corrected chi connectivity index (χ1v) is 11.9. The van der Waals surface area contributed by atoms with E-state index in [0.717, 1.165) is 78.1 Å². The lowest BCUT2D eigenvalue weighted by Gasteiger charge is -2.39. The van der Waals surface area contributed by atoms with Crippen molar-refractivity contribution in [3.8, 4) is 0 Å². The van der Waals surface area contributed by atoms with E-state index in [0.29, 0.717) is 6.61 Å². The Morgan fingerprint density at radius 2 is 1.70 bits per heavy atom. The average Bonchev–Trinajstić information content (AvgIpc) is 3.43. The topological polar surface area (TPSA) is 79.1 Å². The zero-order chi connectivity index (χ0) is 21.5. The molecule has 4 unspecified atom stereocenters. The Morgan fingerprint density at radius 3 is 2.43 bits per heavy atom. The van der Waals surface area contributed by atoms with E-state index in [4.69, 9.17) is 10.5 Å². The number of ether oxygens (including phenoxy) is 1. The molecule has 2 amide bonds. The second-order valence-electron chi connectivity index (χ2n) is 10.9. The van der Waals surface area contributed by atoms with Gasteiger partial charge < -0.3 is 25.2 Å². The molecule has 170 valence electrons. The maximum atomic E-state index is 13.2. The second-order valence-corrected chi connectivity index (χ2v) is 10.9. The van der Waals surface area contributed by atoms with Crippen LogP contribution in [0.15, 0.2) is 0 Å². The first-order valence-electron chi connectivity index (χ1n) is 11.9. The number of nitrogens with zero attached hydrogens (tertiary/aromatic N) is 3. The van der Waals surface area contributed by atoms with Crippen LogP contribution in [0.3, 0.4) is 0 Å². The van der Waals surface area contributed by atoms with Crippen LogP contribution in [0.25, 0.3) is 0 Å². The lowest BCUT2D eigenvalue weighted by atomic mass is 9.78. The third-order valence-electron chi connectivity index (χ3n) is 8.16. The summed E-state index contributed by atoms with van der Waals surface area (Å²) in [7, 11) is 0. The lowest BCUT2D eigenvalue weighted by Crippen LogP contribution is -2.51. The fourth-order valence-corrected chi connectivity index (χ4v) is 6.19. The minimum atomic E-state index is -0.0401. The van der Waals surface area contributed by atoms with E-state index in [9.17, 15) is 9.59 Å². The number of nitrogens with two attached hydrogens (primary N) is 1. The van der Waals surface area contributed by atoms with Crippen LogP contribution in [0, 0.1) is 22.7 Å². The number of amides is 2. The smallest absolute Gasteiger partial charge is 0.226 e. The average molecular weight is 421 g/mol. The molecule has 7 nitrogen and oxygen atoms in total. The van der Waals surface area contributed by atoms with Gasteiger partial charge in [0.25, 0.3) is 0 Å². The summed E-state index contributed by atoms with van der Waals surface area (Å²) in [6.07, 6.45) is 4.08. The Hall–Kier alpha value is -1.18. The van der Waals surface area contributed by atoms with Crippen molar-refractivity contribution in [2.24, 2.45) is 28.4 Å². The number of carbonyl (C=O) groups excluding carboxylic acids is 2. The van der Waals surface area contributed by atoms with E-state index >= 15 is 0 Å². The molecular weight excluding hydrogens is 380 g/mol. The van der Waals surface area contributed by atoms with Gasteiger partial charge in [-0.3, -0.25) is 9.59 Å². The fraction of sp³-hybridized carbons (Fsp3) is 0.913. The van der Waals surface area contributed by atoms with Crippen molar-refractivity contribution in [3.63, 3.8) is 0 Å². The van der Waals surface area contributed by atoms with Gasteiger partial charge in [0.2, 0.25) is 11.8 Å². The molecule has 4 atom stereocenters. The van der Waals surface area contributed by atoms with E-state index in [1.54, 1.807) is 0 Å². The van der Waals surface area contributed by atoms with Crippen molar-refractivity contribution in [2.75, 3.05) is 59.0 Å². The molecule has 30 heavy (non-hydrogen) atoms. The number of carbonyl (C=O) groups is 2. The maximum Gasteiger partial charge on any atom is 0.226 e. The maximum absolute atomic E-state index is 13.2. The number of hydrogen-bond donors (Lipinski definition) is 1. The summed E-state index contributed by atoms with van der Waals surface area (Å²) in [4.78, 5) is 32.1. The number of likely N-dealkylation sites (tertiary alicyclic amines) is 3. The Balaban J connectivity index is 1.28. The van der Waals surface area contributed by atoms with E-state index in [-0.39, 0.29) is 40.5 Å². The minimum absolute atomic E-state index is 0.00849. The Morgan fingerprint density at radius 1 is 1.00 bits per heavy atom. The van der Waals surface area contributed by atoms with Crippen LogP contribution < -0.4 is 5.73 Å². The summed E-state index contributed by atoms with van der Waals surface area (Å²) < 4.78 is 5.71. The molecule has 4 rings (SSSR count). The largest absolute Gasteiger partial charge is 0.381 e. The standard InChI is InChI=1S/C23H40N4O3/c1-17(2)20(28)26-9-6-22(14-26)5-8-25(13-22)12-18(3)21(29)27-10-7-23(15-27)16-30-11-4-19(23)24/h17-19H,4-16,24H2,1-3H3. The van der Waals surface area contributed by atoms with Crippen molar-refractivity contribution in [1.82, 2.24) is 14.7 Å². The first kappa shape index (κ1) is 22.0. The SMILES string of the molecule is CC(C)C(=O)N1CCC2(CCN(CC(C)C(=O)N3CCC4(COCCC4N)C3)C2)C1. The summed E-state index contributed by atoms with van der Waals surface area (Å²) in [6.45, 7) is 13.6. The van der Waals surface area contributed by atoms with Gasteiger partial charge in [-0.2, -0.15) is 0 Å². The van der Waals surface area contributed by atoms with Crippen molar-refractivity contribution in [1.29, 1.82) is 0 Å². The Kier molecular flexibility index (Phi) is 6.17. The molecule has 4 saturated heterocycles. The molecule has 0 saturated carbocycles. The zero-order valence-corrected chi connectivity index (χ0v) is 19.1. The summed E-state index contributed by atoms with van der Waals surface area (Å²) in [5.41, 5.74) is 6.60. The molecular formula is C23H40N4O3. The van der Waals surface area contributed by atoms with Gasteiger partial charge in [-0.15, -0.1) is 0 Å². The summed E-state index contributed by atoms with van der Waals surface area (Å²) in [5, 5.41) is 0. The van der Waals surface area contributed by atoms with Crippen LogP contribution in [-0.2, 0) is 14.3 Å². The van der Waals surface area contributed by atoms with E-state index < -0.39 is 0 Å². The highest BCUT2D eigenvalue weighted by Gasteiger charge is 2.48. The molecule has 4 aliphatic heterocycles. The second kappa shape index (κ2) is 8.40. The van der Waals surface area contributed by atoms with Crippen molar-refractivity contribution in [2.45, 2.75) is 52.5 Å². The van der Waals surface area contributed by atoms with Crippen LogP contribution in [-0.4, -0.2) is 91.6 Å². The number of hydrogen-bond acceptors (Lipinski definition) is 5. The molecule has 0 aromatic heterocycles. The van der Waals surface area contributed by atoms with E-state index in [1.165, 1.54) is 0 Å². The molecule has 0 radical (unpaired) electrons. The first-order chi connectivity index (χ1) is 14.2. The Labute approximate surface area is 181 Å². The summed E-state index contributed by atoms with van der Waals surface area (Å²) in [6, 6.07) is 0.136. The molecule has 0 bridgehead atoms. The zero-order valence-electron chi connectivity index (χ0n) is 19.1. The van der Waals surface area contributed by atoms with Gasteiger partial charge in [0.05, 0.1) is 6.61 Å². The van der Waals surface area contributed by atoms with Crippen molar-refractivity contribution < 1.29 is 14.3 Å². The van der Waals surface area contributed by atoms with Gasteiger partial charge >= 0.3 is 0 Å². The third kappa shape index (κ3) is 4.13. The highest BCUT2D eigenvalue weighted by atomic mass is 16.5. The lowest BCUT2D eigenvalue weighted by molar-refractivity contribution is -0.135. The minimum Gasteiger partial charge on any atom is -0.381 e. The van der Waals surface area contributed by atoms with Gasteiger partial charge in [-0.25, -0.2) is 0 Å². The van der Waals surface area contributed by atoms with Gasteiger partial charge in [-0.05, 0) is 32.2 Å². The third-order valence-corrected chi connectivity index (χ3v) is 8.16. The van der Waals surface area contributed by atoms with E-state index in [1.807, 2.05) is 18.7 Å². The van der Waals surface area contributed by atoms with Crippen LogP contribution in [0.1, 0.15) is 46.5 Å². The molecule has 2 spiro atoms. The van der Waals surface area contributed by atoms with Crippen LogP contribution in [0.5, 0.6) is 0 Å². The monoisotopic (exact) mass is 420 g/mol. The summed E-state index contributed by atoms with van der Waals surface area (Å²) in [5.74, 6) is 0.600. The van der Waals surface area contributed by atoms with Gasteiger partial charge in [-0.1, -0.05) is 20.8 Å². The highest BCUT2D eigenvalue weighted by molar-refractivity contribution is 5.79. The fourth-order valence-electron chi connectivity index (χ4n) is 6.19. The van der Waals surface area contributed by atoms with Gasteiger partial charge in [0, 0.05) is 74.6 Å². The molecule has 4 fully saturated rings. The molecule has 4 aliphatic rings. The molecule has 0 aromatic rings. The molecule has 7 heteroatoms. The van der Waals surface area contributed by atoms with Crippen LogP contribution in [0.4, 0.5) is 0 Å². The highest BCUT2D eigenvalue weighted by Crippen LogP contribution is 2.41. The van der Waals surface area contributed by atoms with Gasteiger partial charge in [0.1, 0.15) is 0 Å². The quantitative estimate of drug-likeness (QED) is 0.739. The van der Waals surface area contributed by atoms with Gasteiger partial charge in [0.15, 0.2) is 0 Å². The van der Waals surface area contributed by atoms with Crippen LogP contribution in [0.2, 0.25) is 0 Å². The van der Waals surface area contributed by atoms with Crippen molar-refractivity contribution in [3.05, 3.63) is 0 Å². The molecule has 2 N–H and O–H groups in total. The predicted molar refractivity (Wildman–Crippen MR) is 116 cm³/mol. The Bertz CT molecular complexity index is 671. The predicted octanol–water partition coefficient (Wildman–Crippen LogP) is 1.17.